The van der Waals surface area contributed by atoms with E-state index < -0.39 is 0 Å². The van der Waals surface area contributed by atoms with Crippen molar-refractivity contribution < 1.29 is 24.2 Å². The van der Waals surface area contributed by atoms with Gasteiger partial charge in [-0.05, 0) is 17.4 Å². The van der Waals surface area contributed by atoms with E-state index in [4.69, 9.17) is 0 Å². The Kier molecular flexibility index (Phi) is 10.4. The van der Waals surface area contributed by atoms with Crippen molar-refractivity contribution >= 4 is 14.5 Å². The van der Waals surface area contributed by atoms with Crippen molar-refractivity contribution in [2.24, 2.45) is 11.3 Å². The minimum absolute atomic E-state index is 0.177. The zero-order chi connectivity index (χ0) is 32.4. The summed E-state index contributed by atoms with van der Waals surface area (Å²) in [7, 11) is 0. The van der Waals surface area contributed by atoms with Crippen LogP contribution in [0.5, 0.6) is 0 Å². The second kappa shape index (κ2) is 13.4. The average Bonchev–Trinajstić information content (AvgIpc) is 3.50. The summed E-state index contributed by atoms with van der Waals surface area (Å²) in [5.41, 5.74) is 13.2. The van der Waals surface area contributed by atoms with Crippen LogP contribution in [0.2, 0.25) is 0 Å². The monoisotopic (exact) mass is 656 g/mol. The Bertz CT molecular complexity index is 1640. The molecule has 0 nitrogen and oxygen atoms in total. The van der Waals surface area contributed by atoms with Gasteiger partial charge in [0.2, 0.25) is 0 Å². The van der Waals surface area contributed by atoms with Crippen molar-refractivity contribution in [3.05, 3.63) is 130 Å². The molecule has 44 heavy (non-hydrogen) atoms. The predicted molar refractivity (Wildman–Crippen MR) is 189 cm³/mol. The summed E-state index contributed by atoms with van der Waals surface area (Å²) in [5, 5.41) is 2.69. The summed E-state index contributed by atoms with van der Waals surface area (Å²) in [6, 6.07) is 30.0. The van der Waals surface area contributed by atoms with Gasteiger partial charge in [-0.25, -0.2) is 5.57 Å². The number of hydrogen-bond donors (Lipinski definition) is 0. The van der Waals surface area contributed by atoms with E-state index in [2.05, 4.69) is 171 Å². The fourth-order valence-corrected chi connectivity index (χ4v) is 6.63. The minimum atomic E-state index is 0.177. The SMILES string of the molecule is CC(C)(C)c1c[c-]c2c(c1)-c1cc(C(C)(C)C)ccc1C2.CC1=[C-]C(C)C=C1C(C)(C)C.[Zr+2]=[CH]c1cccc2ccccc12. The molecule has 1 atom stereocenters. The number of allylic oxidation sites excluding steroid dienone is 4. The van der Waals surface area contributed by atoms with Crippen LogP contribution in [0.1, 0.15) is 104 Å². The van der Waals surface area contributed by atoms with Crippen molar-refractivity contribution in [3.8, 4) is 11.1 Å². The standard InChI is InChI=1S/C21H25.C11H8.C11H17.Zr/c1-20(2,3)16-9-7-14-11-15-8-10-17(21(4,5)6)13-19(15)18(14)12-16;1-9-5-4-7-10-6-2-3-8-11(9)10;1-8-6-9(2)10(7-8)11(3,4)5;/h7,9-10,12-13H,11H2,1-6H3;1-8H;7-8H,1-5H3;/q-1;;-1;+2. The summed E-state index contributed by atoms with van der Waals surface area (Å²) < 4.78 is 2.23. The van der Waals surface area contributed by atoms with Crippen molar-refractivity contribution in [2.75, 3.05) is 0 Å². The van der Waals surface area contributed by atoms with E-state index in [-0.39, 0.29) is 10.8 Å². The van der Waals surface area contributed by atoms with Gasteiger partial charge < -0.3 is 0 Å². The number of benzene rings is 4. The molecule has 0 saturated carbocycles. The molecule has 0 amide bonds. The number of fused-ring (bicyclic) bond motifs is 4. The third kappa shape index (κ3) is 8.14. The van der Waals surface area contributed by atoms with E-state index in [0.717, 1.165) is 6.42 Å². The Morgan fingerprint density at radius 3 is 1.95 bits per heavy atom. The summed E-state index contributed by atoms with van der Waals surface area (Å²) in [6.45, 7) is 24.7. The fraction of sp³-hybridized carbons (Fsp3) is 0.372. The summed E-state index contributed by atoms with van der Waals surface area (Å²) in [6.07, 6.45) is 6.74. The molecule has 0 bridgehead atoms. The van der Waals surface area contributed by atoms with Crippen molar-refractivity contribution in [1.29, 1.82) is 0 Å². The Morgan fingerprint density at radius 1 is 0.750 bits per heavy atom. The van der Waals surface area contributed by atoms with Gasteiger partial charge in [0.15, 0.2) is 0 Å². The van der Waals surface area contributed by atoms with Crippen molar-refractivity contribution in [2.45, 2.75) is 93.4 Å². The molecular weight excluding hydrogens is 608 g/mol. The van der Waals surface area contributed by atoms with E-state index in [1.54, 1.807) is 0 Å². The van der Waals surface area contributed by atoms with Crippen LogP contribution in [0.4, 0.5) is 0 Å². The Labute approximate surface area is 283 Å². The second-order valence-electron chi connectivity index (χ2n) is 15.4. The van der Waals surface area contributed by atoms with Crippen LogP contribution in [0.3, 0.4) is 0 Å². The van der Waals surface area contributed by atoms with E-state index in [1.807, 2.05) is 0 Å². The molecule has 4 aromatic rings. The fourth-order valence-electron chi connectivity index (χ4n) is 6.01. The van der Waals surface area contributed by atoms with Crippen LogP contribution in [0.25, 0.3) is 21.9 Å². The van der Waals surface area contributed by atoms with E-state index in [1.165, 1.54) is 85.1 Å². The number of hydrogen-bond acceptors (Lipinski definition) is 0. The molecule has 1 unspecified atom stereocenters. The van der Waals surface area contributed by atoms with E-state index in [0.29, 0.717) is 11.3 Å². The zero-order valence-corrected chi connectivity index (χ0v) is 31.3. The van der Waals surface area contributed by atoms with Gasteiger partial charge >= 0.3 is 86.7 Å². The molecule has 0 aliphatic heterocycles. The third-order valence-electron chi connectivity index (χ3n) is 8.58. The molecule has 226 valence electrons. The van der Waals surface area contributed by atoms with Gasteiger partial charge in [-0.15, -0.1) is 5.56 Å². The van der Waals surface area contributed by atoms with Gasteiger partial charge in [-0.3, -0.25) is 6.08 Å². The molecule has 0 fully saturated rings. The number of rotatable bonds is 1. The first-order chi connectivity index (χ1) is 20.5. The Balaban J connectivity index is 0.000000164. The molecule has 2 aliphatic rings. The van der Waals surface area contributed by atoms with Gasteiger partial charge in [0.25, 0.3) is 0 Å². The molecular formula is C43H50Zr. The molecule has 2 aliphatic carbocycles. The van der Waals surface area contributed by atoms with Gasteiger partial charge in [0.05, 0.1) is 0 Å². The van der Waals surface area contributed by atoms with Crippen LogP contribution >= 0.6 is 0 Å². The molecule has 1 heteroatoms. The van der Waals surface area contributed by atoms with Crippen molar-refractivity contribution in [1.82, 2.24) is 0 Å². The normalized spacial score (nSPS) is 15.7. The maximum absolute atomic E-state index is 3.53. The third-order valence-corrected chi connectivity index (χ3v) is 9.34. The maximum atomic E-state index is 3.53. The van der Waals surface area contributed by atoms with Gasteiger partial charge in [0, 0.05) is 0 Å². The average molecular weight is 658 g/mol. The van der Waals surface area contributed by atoms with E-state index >= 15 is 0 Å². The van der Waals surface area contributed by atoms with Gasteiger partial charge in [0.1, 0.15) is 0 Å². The topological polar surface area (TPSA) is 0 Å². The summed E-state index contributed by atoms with van der Waals surface area (Å²) in [5.74, 6) is 0.518. The first-order valence-corrected chi connectivity index (χ1v) is 17.4. The predicted octanol–water partition coefficient (Wildman–Crippen LogP) is 11.5. The van der Waals surface area contributed by atoms with Crippen LogP contribution in [0.15, 0.2) is 90.0 Å². The van der Waals surface area contributed by atoms with Gasteiger partial charge in [-0.1, -0.05) is 122 Å². The molecule has 6 rings (SSSR count). The van der Waals surface area contributed by atoms with Crippen LogP contribution in [-0.4, -0.2) is 3.71 Å². The van der Waals surface area contributed by atoms with Crippen LogP contribution in [-0.2, 0) is 41.5 Å². The molecule has 0 aromatic heterocycles. The quantitative estimate of drug-likeness (QED) is 0.157. The Hall–Kier alpha value is -2.63. The molecule has 0 spiro atoms. The summed E-state index contributed by atoms with van der Waals surface area (Å²) >= 11 is 1.46. The van der Waals surface area contributed by atoms with Crippen LogP contribution < -0.4 is 0 Å². The zero-order valence-electron chi connectivity index (χ0n) is 28.9. The molecule has 0 saturated heterocycles. The molecule has 0 N–H and O–H groups in total. The Morgan fingerprint density at radius 2 is 1.39 bits per heavy atom. The van der Waals surface area contributed by atoms with Crippen molar-refractivity contribution in [3.63, 3.8) is 0 Å². The van der Waals surface area contributed by atoms with Gasteiger partial charge in [-0.2, -0.15) is 41.0 Å². The second-order valence-corrected chi connectivity index (χ2v) is 16.1. The molecule has 0 radical (unpaired) electrons. The summed E-state index contributed by atoms with van der Waals surface area (Å²) in [4.78, 5) is 0. The molecule has 0 heterocycles. The van der Waals surface area contributed by atoms with E-state index in [9.17, 15) is 0 Å². The molecule has 4 aromatic carbocycles. The first-order valence-electron chi connectivity index (χ1n) is 16.0. The first kappa shape index (κ1) is 34.3. The van der Waals surface area contributed by atoms with Crippen LogP contribution in [0, 0.1) is 23.5 Å².